The number of nitrogens with zero attached hydrogens (tertiary/aromatic N) is 2. The van der Waals surface area contributed by atoms with Gasteiger partial charge in [0.25, 0.3) is 11.8 Å². The molecule has 0 aliphatic carbocycles. The summed E-state index contributed by atoms with van der Waals surface area (Å²) >= 11 is 3.53. The standard InChI is InChI=1S/C27H24BrN5O4/c1-15-3-5-17(6-4-15)31-24(34)14-37-25-19(28)11-16(12-23(25)36-2)26-29-9-8-21(33-26)22-13-18-20(32-22)7-10-30-27(18)35/h3-6,8-9,11-13,32H,7,10,14H2,1-2H3,(H,30,35)(H,31,34). The van der Waals surface area contributed by atoms with Crippen LogP contribution >= 0.6 is 15.9 Å². The number of hydrogen-bond acceptors (Lipinski definition) is 6. The second kappa shape index (κ2) is 10.4. The number of anilines is 1. The number of amides is 2. The molecule has 3 N–H and O–H groups in total. The van der Waals surface area contributed by atoms with Crippen molar-refractivity contribution >= 4 is 33.4 Å². The fourth-order valence-corrected chi connectivity index (χ4v) is 4.60. The van der Waals surface area contributed by atoms with E-state index in [0.717, 1.165) is 23.4 Å². The number of hydrogen-bond donors (Lipinski definition) is 3. The van der Waals surface area contributed by atoms with Crippen LogP contribution in [0.4, 0.5) is 5.69 Å². The molecule has 9 nitrogen and oxygen atoms in total. The molecule has 1 aliphatic rings. The van der Waals surface area contributed by atoms with Crippen molar-refractivity contribution in [1.29, 1.82) is 0 Å². The molecule has 3 heterocycles. The van der Waals surface area contributed by atoms with Crippen LogP contribution in [0.5, 0.6) is 11.5 Å². The highest BCUT2D eigenvalue weighted by atomic mass is 79.9. The second-order valence-corrected chi connectivity index (χ2v) is 9.39. The molecule has 0 bridgehead atoms. The Morgan fingerprint density at radius 1 is 1.16 bits per heavy atom. The van der Waals surface area contributed by atoms with E-state index in [9.17, 15) is 9.59 Å². The van der Waals surface area contributed by atoms with Crippen molar-refractivity contribution in [3.05, 3.63) is 76.0 Å². The first-order valence-electron chi connectivity index (χ1n) is 11.6. The molecule has 5 rings (SSSR count). The number of rotatable bonds is 7. The Balaban J connectivity index is 1.35. The van der Waals surface area contributed by atoms with E-state index in [4.69, 9.17) is 14.5 Å². The Kier molecular flexibility index (Phi) is 6.91. The van der Waals surface area contributed by atoms with Crippen molar-refractivity contribution in [3.8, 4) is 34.3 Å². The first-order valence-corrected chi connectivity index (χ1v) is 12.4. The monoisotopic (exact) mass is 561 g/mol. The molecule has 188 valence electrons. The van der Waals surface area contributed by atoms with Gasteiger partial charge in [-0.2, -0.15) is 0 Å². The predicted molar refractivity (Wildman–Crippen MR) is 143 cm³/mol. The van der Waals surface area contributed by atoms with Crippen LogP contribution in [0.15, 0.2) is 59.2 Å². The number of fused-ring (bicyclic) bond motifs is 1. The summed E-state index contributed by atoms with van der Waals surface area (Å²) in [4.78, 5) is 37.0. The van der Waals surface area contributed by atoms with Crippen molar-refractivity contribution in [2.24, 2.45) is 0 Å². The van der Waals surface area contributed by atoms with Crippen LogP contribution < -0.4 is 20.1 Å². The number of benzene rings is 2. The third-order valence-electron chi connectivity index (χ3n) is 5.91. The van der Waals surface area contributed by atoms with E-state index in [1.165, 1.54) is 7.11 Å². The molecule has 0 radical (unpaired) electrons. The van der Waals surface area contributed by atoms with Crippen LogP contribution in [-0.2, 0) is 11.2 Å². The van der Waals surface area contributed by atoms with Gasteiger partial charge in [-0.3, -0.25) is 9.59 Å². The number of carbonyl (C=O) groups excluding carboxylic acids is 2. The maximum absolute atomic E-state index is 12.4. The lowest BCUT2D eigenvalue weighted by Gasteiger charge is -2.14. The van der Waals surface area contributed by atoms with Gasteiger partial charge < -0.3 is 25.1 Å². The summed E-state index contributed by atoms with van der Waals surface area (Å²) in [7, 11) is 1.52. The van der Waals surface area contributed by atoms with E-state index in [1.807, 2.05) is 43.3 Å². The zero-order valence-electron chi connectivity index (χ0n) is 20.2. The summed E-state index contributed by atoms with van der Waals surface area (Å²) in [6.45, 7) is 2.39. The number of aromatic nitrogens is 3. The van der Waals surface area contributed by atoms with Crippen molar-refractivity contribution < 1.29 is 19.1 Å². The fourth-order valence-electron chi connectivity index (χ4n) is 4.04. The molecule has 0 saturated carbocycles. The third-order valence-corrected chi connectivity index (χ3v) is 6.50. The van der Waals surface area contributed by atoms with Gasteiger partial charge >= 0.3 is 0 Å². The van der Waals surface area contributed by atoms with Crippen LogP contribution in [0.1, 0.15) is 21.6 Å². The molecule has 0 saturated heterocycles. The first-order chi connectivity index (χ1) is 17.9. The molecular formula is C27H24BrN5O4. The van der Waals surface area contributed by atoms with Gasteiger partial charge in [0.15, 0.2) is 23.9 Å². The highest BCUT2D eigenvalue weighted by Crippen LogP contribution is 2.39. The number of carbonyl (C=O) groups is 2. The number of halogens is 1. The van der Waals surface area contributed by atoms with Crippen molar-refractivity contribution in [3.63, 3.8) is 0 Å². The normalized spacial score (nSPS) is 12.5. The van der Waals surface area contributed by atoms with Crippen molar-refractivity contribution in [1.82, 2.24) is 20.3 Å². The van der Waals surface area contributed by atoms with Gasteiger partial charge in [-0.05, 0) is 59.3 Å². The summed E-state index contributed by atoms with van der Waals surface area (Å²) in [6, 6.07) is 14.7. The van der Waals surface area contributed by atoms with Gasteiger partial charge in [-0.1, -0.05) is 17.7 Å². The van der Waals surface area contributed by atoms with E-state index < -0.39 is 0 Å². The Hall–Kier alpha value is -4.18. The van der Waals surface area contributed by atoms with Gasteiger partial charge in [-0.15, -0.1) is 0 Å². The molecule has 2 aromatic heterocycles. The average Bonchev–Trinajstić information content (AvgIpc) is 3.35. The zero-order chi connectivity index (χ0) is 25.9. The smallest absolute Gasteiger partial charge is 0.262 e. The van der Waals surface area contributed by atoms with Gasteiger partial charge in [0, 0.05) is 36.1 Å². The van der Waals surface area contributed by atoms with Gasteiger partial charge in [0.05, 0.1) is 28.5 Å². The van der Waals surface area contributed by atoms with Gasteiger partial charge in [-0.25, -0.2) is 9.97 Å². The minimum Gasteiger partial charge on any atom is -0.493 e. The lowest BCUT2D eigenvalue weighted by molar-refractivity contribution is -0.118. The lowest BCUT2D eigenvalue weighted by atomic mass is 10.1. The largest absolute Gasteiger partial charge is 0.493 e. The third kappa shape index (κ3) is 5.34. The highest BCUT2D eigenvalue weighted by Gasteiger charge is 2.21. The van der Waals surface area contributed by atoms with Crippen LogP contribution in [0.2, 0.25) is 0 Å². The average molecular weight is 562 g/mol. The predicted octanol–water partition coefficient (Wildman–Crippen LogP) is 4.52. The number of nitrogens with one attached hydrogen (secondary N) is 3. The second-order valence-electron chi connectivity index (χ2n) is 8.54. The maximum atomic E-state index is 12.4. The van der Waals surface area contributed by atoms with Crippen LogP contribution in [0.3, 0.4) is 0 Å². The van der Waals surface area contributed by atoms with Gasteiger partial charge in [0.2, 0.25) is 0 Å². The molecule has 10 heteroatoms. The highest BCUT2D eigenvalue weighted by molar-refractivity contribution is 9.10. The summed E-state index contributed by atoms with van der Waals surface area (Å²) in [5.74, 6) is 0.908. The van der Waals surface area contributed by atoms with Crippen LogP contribution in [0, 0.1) is 6.92 Å². The SMILES string of the molecule is COc1cc(-c2nccc(-c3cc4c([nH]3)CCNC4=O)n2)cc(Br)c1OCC(=O)Nc1ccc(C)cc1. The molecule has 0 fully saturated rings. The lowest BCUT2D eigenvalue weighted by Crippen LogP contribution is -2.31. The van der Waals surface area contributed by atoms with Crippen LogP contribution in [0.25, 0.3) is 22.8 Å². The van der Waals surface area contributed by atoms with Crippen molar-refractivity contribution in [2.45, 2.75) is 13.3 Å². The summed E-state index contributed by atoms with van der Waals surface area (Å²) in [5, 5.41) is 5.66. The molecule has 2 amide bonds. The number of aryl methyl sites for hydroxylation is 1. The quantitative estimate of drug-likeness (QED) is 0.305. The fraction of sp³-hybridized carbons (Fsp3) is 0.185. The van der Waals surface area contributed by atoms with E-state index >= 15 is 0 Å². The molecule has 2 aromatic carbocycles. The number of ether oxygens (including phenoxy) is 2. The Bertz CT molecular complexity index is 1480. The van der Waals surface area contributed by atoms with E-state index in [2.05, 4.69) is 36.5 Å². The molecule has 37 heavy (non-hydrogen) atoms. The Morgan fingerprint density at radius 3 is 2.73 bits per heavy atom. The number of H-pyrrole nitrogens is 1. The van der Waals surface area contributed by atoms with E-state index in [1.54, 1.807) is 18.3 Å². The number of aromatic amines is 1. The summed E-state index contributed by atoms with van der Waals surface area (Å²) in [6.07, 6.45) is 2.41. The minimum atomic E-state index is -0.291. The summed E-state index contributed by atoms with van der Waals surface area (Å²) in [5.41, 5.74) is 5.44. The van der Waals surface area contributed by atoms with Crippen molar-refractivity contribution in [2.75, 3.05) is 25.6 Å². The number of methoxy groups -OCH3 is 1. The summed E-state index contributed by atoms with van der Waals surface area (Å²) < 4.78 is 11.9. The Morgan fingerprint density at radius 2 is 1.97 bits per heavy atom. The van der Waals surface area contributed by atoms with Gasteiger partial charge in [0.1, 0.15) is 0 Å². The zero-order valence-corrected chi connectivity index (χ0v) is 21.8. The molecule has 1 aliphatic heterocycles. The van der Waals surface area contributed by atoms with E-state index in [0.29, 0.717) is 50.8 Å². The molecular weight excluding hydrogens is 538 g/mol. The Labute approximate surface area is 221 Å². The molecule has 0 atom stereocenters. The van der Waals surface area contributed by atoms with Crippen LogP contribution in [-0.4, -0.2) is 47.0 Å². The first kappa shape index (κ1) is 24.5. The molecule has 0 unspecified atom stereocenters. The molecule has 0 spiro atoms. The maximum Gasteiger partial charge on any atom is 0.262 e. The minimum absolute atomic E-state index is 0.0881. The molecule has 4 aromatic rings. The topological polar surface area (TPSA) is 118 Å². The van der Waals surface area contributed by atoms with E-state index in [-0.39, 0.29) is 18.4 Å².